The zero-order valence-corrected chi connectivity index (χ0v) is 23.2. The number of esters is 2. The average molecular weight is 549 g/mol. The molecule has 3 rings (SSSR count). The summed E-state index contributed by atoms with van der Waals surface area (Å²) in [6.07, 6.45) is 3.86. The molecule has 0 saturated carbocycles. The van der Waals surface area contributed by atoms with Crippen LogP contribution in [0.25, 0.3) is 0 Å². The molecule has 0 bridgehead atoms. The van der Waals surface area contributed by atoms with Gasteiger partial charge in [0.15, 0.2) is 0 Å². The number of carbonyl (C=O) groups is 3. The molecule has 0 saturated heterocycles. The molecule has 0 atom stereocenters. The van der Waals surface area contributed by atoms with Gasteiger partial charge in [-0.1, -0.05) is 26.7 Å². The number of ketones is 1. The zero-order chi connectivity index (χ0) is 28.7. The molecular weight excluding hydrogens is 512 g/mol. The molecule has 40 heavy (non-hydrogen) atoms. The molecule has 0 aliphatic rings. The van der Waals surface area contributed by atoms with E-state index in [0.29, 0.717) is 48.7 Å². The van der Waals surface area contributed by atoms with Crippen LogP contribution in [0.2, 0.25) is 0 Å². The van der Waals surface area contributed by atoms with E-state index >= 15 is 0 Å². The molecular formula is C29H36N6O5. The maximum absolute atomic E-state index is 12.2. The third kappa shape index (κ3) is 9.97. The predicted octanol–water partition coefficient (Wildman–Crippen LogP) is 5.66. The van der Waals surface area contributed by atoms with Crippen LogP contribution in [0.5, 0.6) is 0 Å². The van der Waals surface area contributed by atoms with Crippen LogP contribution in [0.4, 0.5) is 29.2 Å². The van der Waals surface area contributed by atoms with E-state index in [1.807, 2.05) is 13.8 Å². The Morgan fingerprint density at radius 2 is 1.10 bits per heavy atom. The highest BCUT2D eigenvalue weighted by Gasteiger charge is 2.11. The molecule has 0 amide bonds. The topological polar surface area (TPSA) is 144 Å². The van der Waals surface area contributed by atoms with E-state index in [0.717, 1.165) is 25.7 Å². The van der Waals surface area contributed by atoms with Crippen LogP contribution in [0, 0.1) is 0 Å². The summed E-state index contributed by atoms with van der Waals surface area (Å²) in [6, 6.07) is 13.6. The SMILES string of the molecule is CCCCOC(=O)c1ccc(Nc2nc(NCCC(C)=O)nc(Nc3ccc(C(=O)OCCCC)cc3)n2)cc1. The Balaban J connectivity index is 1.73. The van der Waals surface area contributed by atoms with E-state index in [2.05, 4.69) is 30.9 Å². The number of anilines is 5. The maximum atomic E-state index is 12.2. The normalized spacial score (nSPS) is 10.5. The van der Waals surface area contributed by atoms with Crippen LogP contribution in [-0.4, -0.2) is 52.4 Å². The first-order chi connectivity index (χ1) is 19.4. The third-order valence-corrected chi connectivity index (χ3v) is 5.61. The Hall–Kier alpha value is -4.54. The summed E-state index contributed by atoms with van der Waals surface area (Å²) >= 11 is 0. The molecule has 3 N–H and O–H groups in total. The van der Waals surface area contributed by atoms with Gasteiger partial charge in [-0.25, -0.2) is 9.59 Å². The van der Waals surface area contributed by atoms with E-state index in [1.165, 1.54) is 6.92 Å². The molecule has 212 valence electrons. The number of Topliss-reactive ketones (excluding diaryl/α,β-unsaturated/α-hetero) is 1. The lowest BCUT2D eigenvalue weighted by atomic mass is 10.2. The van der Waals surface area contributed by atoms with E-state index in [-0.39, 0.29) is 35.6 Å². The fourth-order valence-electron chi connectivity index (χ4n) is 3.34. The molecule has 0 spiro atoms. The monoisotopic (exact) mass is 548 g/mol. The second kappa shape index (κ2) is 15.8. The number of aromatic nitrogens is 3. The van der Waals surface area contributed by atoms with Crippen LogP contribution in [0.1, 0.15) is 73.6 Å². The van der Waals surface area contributed by atoms with Crippen LogP contribution in [-0.2, 0) is 14.3 Å². The summed E-state index contributed by atoms with van der Waals surface area (Å²) < 4.78 is 10.5. The summed E-state index contributed by atoms with van der Waals surface area (Å²) in [7, 11) is 0. The number of unbranched alkanes of at least 4 members (excludes halogenated alkanes) is 2. The van der Waals surface area contributed by atoms with Crippen molar-refractivity contribution in [1.82, 2.24) is 15.0 Å². The van der Waals surface area contributed by atoms with Crippen molar-refractivity contribution >= 4 is 46.9 Å². The quantitative estimate of drug-likeness (QED) is 0.150. The molecule has 0 unspecified atom stereocenters. The summed E-state index contributed by atoms with van der Waals surface area (Å²) in [6.45, 7) is 6.72. The van der Waals surface area contributed by atoms with Crippen molar-refractivity contribution in [2.75, 3.05) is 35.7 Å². The first kappa shape index (κ1) is 30.0. The molecule has 0 aliphatic carbocycles. The molecule has 2 aromatic carbocycles. The predicted molar refractivity (Wildman–Crippen MR) is 153 cm³/mol. The van der Waals surface area contributed by atoms with Crippen molar-refractivity contribution in [3.8, 4) is 0 Å². The Kier molecular flexibility index (Phi) is 11.8. The minimum atomic E-state index is -0.371. The van der Waals surface area contributed by atoms with Gasteiger partial charge < -0.3 is 25.4 Å². The number of hydrogen-bond donors (Lipinski definition) is 3. The summed E-state index contributed by atoms with van der Waals surface area (Å²) in [4.78, 5) is 49.0. The standard InChI is InChI=1S/C29H36N6O5/c1-4-6-18-39-25(37)21-8-12-23(13-9-21)31-28-33-27(30-17-16-20(3)36)34-29(35-28)32-24-14-10-22(11-15-24)26(38)40-19-7-5-2/h8-15H,4-7,16-19H2,1-3H3,(H3,30,31,32,33,34,35). The van der Waals surface area contributed by atoms with E-state index in [9.17, 15) is 14.4 Å². The number of rotatable bonds is 16. The van der Waals surface area contributed by atoms with Gasteiger partial charge in [0.05, 0.1) is 24.3 Å². The lowest BCUT2D eigenvalue weighted by Gasteiger charge is -2.12. The number of nitrogens with zero attached hydrogens (tertiary/aromatic N) is 3. The highest BCUT2D eigenvalue weighted by molar-refractivity contribution is 5.90. The van der Waals surface area contributed by atoms with Crippen LogP contribution >= 0.6 is 0 Å². The molecule has 0 fully saturated rings. The molecule has 11 nitrogen and oxygen atoms in total. The number of carbonyl (C=O) groups excluding carboxylic acids is 3. The van der Waals surface area contributed by atoms with Crippen molar-refractivity contribution in [3.05, 3.63) is 59.7 Å². The molecule has 1 aromatic heterocycles. The minimum Gasteiger partial charge on any atom is -0.462 e. The Bertz CT molecular complexity index is 1180. The Morgan fingerprint density at radius 1 is 0.675 bits per heavy atom. The van der Waals surface area contributed by atoms with Crippen molar-refractivity contribution in [2.45, 2.75) is 52.9 Å². The van der Waals surface area contributed by atoms with Gasteiger partial charge in [0, 0.05) is 24.3 Å². The van der Waals surface area contributed by atoms with Crippen molar-refractivity contribution in [1.29, 1.82) is 0 Å². The second-order valence-corrected chi connectivity index (χ2v) is 9.07. The zero-order valence-electron chi connectivity index (χ0n) is 23.2. The third-order valence-electron chi connectivity index (χ3n) is 5.61. The molecule has 0 aliphatic heterocycles. The highest BCUT2D eigenvalue weighted by Crippen LogP contribution is 2.20. The van der Waals surface area contributed by atoms with Gasteiger partial charge in [0.25, 0.3) is 0 Å². The fourth-order valence-corrected chi connectivity index (χ4v) is 3.34. The summed E-state index contributed by atoms with van der Waals surface area (Å²) in [5.74, 6) is 0.0653. The maximum Gasteiger partial charge on any atom is 0.338 e. The number of ether oxygens (including phenoxy) is 2. The first-order valence-electron chi connectivity index (χ1n) is 13.5. The Labute approximate surface area is 234 Å². The lowest BCUT2D eigenvalue weighted by molar-refractivity contribution is -0.116. The van der Waals surface area contributed by atoms with E-state index in [4.69, 9.17) is 9.47 Å². The molecule has 0 radical (unpaired) electrons. The van der Waals surface area contributed by atoms with E-state index < -0.39 is 0 Å². The number of benzene rings is 2. The van der Waals surface area contributed by atoms with Gasteiger partial charge in [-0.15, -0.1) is 0 Å². The number of hydrogen-bond acceptors (Lipinski definition) is 11. The van der Waals surface area contributed by atoms with Crippen molar-refractivity contribution < 1.29 is 23.9 Å². The lowest BCUT2D eigenvalue weighted by Crippen LogP contribution is -2.12. The first-order valence-corrected chi connectivity index (χ1v) is 13.5. The van der Waals surface area contributed by atoms with Gasteiger partial charge in [0.1, 0.15) is 5.78 Å². The van der Waals surface area contributed by atoms with E-state index in [1.54, 1.807) is 48.5 Å². The van der Waals surface area contributed by atoms with Crippen molar-refractivity contribution in [2.24, 2.45) is 0 Å². The Morgan fingerprint density at radius 3 is 1.50 bits per heavy atom. The van der Waals surface area contributed by atoms with Crippen molar-refractivity contribution in [3.63, 3.8) is 0 Å². The minimum absolute atomic E-state index is 0.0416. The molecule has 1 heterocycles. The summed E-state index contributed by atoms with van der Waals surface area (Å²) in [5, 5.41) is 9.27. The molecule has 11 heteroatoms. The van der Waals surface area contributed by atoms with Crippen LogP contribution < -0.4 is 16.0 Å². The van der Waals surface area contributed by atoms with Gasteiger partial charge in [-0.3, -0.25) is 4.79 Å². The summed E-state index contributed by atoms with van der Waals surface area (Å²) in [5.41, 5.74) is 2.21. The number of nitrogens with one attached hydrogen (secondary N) is 3. The highest BCUT2D eigenvalue weighted by atomic mass is 16.5. The fraction of sp³-hybridized carbons (Fsp3) is 0.379. The van der Waals surface area contributed by atoms with Crippen LogP contribution in [0.15, 0.2) is 48.5 Å². The smallest absolute Gasteiger partial charge is 0.338 e. The van der Waals surface area contributed by atoms with Gasteiger partial charge in [-0.05, 0) is 68.3 Å². The largest absolute Gasteiger partial charge is 0.462 e. The van der Waals surface area contributed by atoms with Gasteiger partial charge in [-0.2, -0.15) is 15.0 Å². The average Bonchev–Trinajstić information content (AvgIpc) is 2.94. The van der Waals surface area contributed by atoms with Crippen LogP contribution in [0.3, 0.4) is 0 Å². The molecule has 3 aromatic rings. The van der Waals surface area contributed by atoms with Gasteiger partial charge in [0.2, 0.25) is 17.8 Å². The van der Waals surface area contributed by atoms with Gasteiger partial charge >= 0.3 is 11.9 Å². The second-order valence-electron chi connectivity index (χ2n) is 9.07.